The molecule has 0 radical (unpaired) electrons. The number of hydrogen-bond acceptors (Lipinski definition) is 2. The second-order valence-corrected chi connectivity index (χ2v) is 6.11. The van der Waals surface area contributed by atoms with Gasteiger partial charge in [-0.3, -0.25) is 0 Å². The van der Waals surface area contributed by atoms with E-state index in [1.165, 1.54) is 25.3 Å². The van der Waals surface area contributed by atoms with Crippen molar-refractivity contribution >= 4 is 5.69 Å². The average molecular weight is 264 g/mol. The third kappa shape index (κ3) is 2.92. The minimum absolute atomic E-state index is 0.184. The molecule has 3 heteroatoms. The van der Waals surface area contributed by atoms with Gasteiger partial charge in [-0.25, -0.2) is 4.39 Å². The second kappa shape index (κ2) is 5.49. The van der Waals surface area contributed by atoms with Crippen LogP contribution in [0.1, 0.15) is 51.6 Å². The molecule has 2 rings (SSSR count). The minimum Gasteiger partial charge on any atom is -0.371 e. The van der Waals surface area contributed by atoms with E-state index < -0.39 is 0 Å². The van der Waals surface area contributed by atoms with E-state index in [0.29, 0.717) is 11.0 Å². The van der Waals surface area contributed by atoms with E-state index in [1.54, 1.807) is 6.07 Å². The fourth-order valence-electron chi connectivity index (χ4n) is 2.89. The zero-order valence-electron chi connectivity index (χ0n) is 12.2. The lowest BCUT2D eigenvalue weighted by Gasteiger charge is -2.41. The summed E-state index contributed by atoms with van der Waals surface area (Å²) in [5.74, 6) is -0.184. The van der Waals surface area contributed by atoms with Crippen molar-refractivity contribution in [3.63, 3.8) is 0 Å². The lowest BCUT2D eigenvalue weighted by Crippen LogP contribution is -2.39. The van der Waals surface area contributed by atoms with Gasteiger partial charge < -0.3 is 10.6 Å². The van der Waals surface area contributed by atoms with Crippen LogP contribution in [-0.4, -0.2) is 13.1 Å². The fraction of sp³-hybridized carbons (Fsp3) is 0.625. The van der Waals surface area contributed by atoms with Crippen molar-refractivity contribution in [2.45, 2.75) is 46.1 Å². The van der Waals surface area contributed by atoms with Gasteiger partial charge in [0.05, 0.1) is 0 Å². The quantitative estimate of drug-likeness (QED) is 0.898. The number of nitrogens with zero attached hydrogens (tertiary/aromatic N) is 1. The summed E-state index contributed by atoms with van der Waals surface area (Å²) in [6.07, 6.45) is 3.54. The zero-order valence-corrected chi connectivity index (χ0v) is 12.2. The molecule has 0 spiro atoms. The number of anilines is 1. The van der Waals surface area contributed by atoms with Gasteiger partial charge in [0.2, 0.25) is 0 Å². The topological polar surface area (TPSA) is 29.3 Å². The maximum absolute atomic E-state index is 14.0. The lowest BCUT2D eigenvalue weighted by atomic mass is 9.78. The molecule has 1 aliphatic heterocycles. The van der Waals surface area contributed by atoms with Crippen LogP contribution in [-0.2, 0) is 0 Å². The van der Waals surface area contributed by atoms with Crippen LogP contribution in [0.3, 0.4) is 0 Å². The van der Waals surface area contributed by atoms with Crippen LogP contribution in [0.15, 0.2) is 18.2 Å². The lowest BCUT2D eigenvalue weighted by molar-refractivity contribution is 0.238. The van der Waals surface area contributed by atoms with Crippen LogP contribution in [0, 0.1) is 11.2 Å². The first-order chi connectivity index (χ1) is 8.97. The van der Waals surface area contributed by atoms with Crippen molar-refractivity contribution in [1.29, 1.82) is 0 Å². The van der Waals surface area contributed by atoms with Gasteiger partial charge in [-0.15, -0.1) is 0 Å². The van der Waals surface area contributed by atoms with Crippen LogP contribution < -0.4 is 10.6 Å². The molecule has 1 aliphatic rings. The summed E-state index contributed by atoms with van der Waals surface area (Å²) in [6.45, 7) is 8.44. The van der Waals surface area contributed by atoms with Crippen molar-refractivity contribution < 1.29 is 4.39 Å². The number of nitrogens with two attached hydrogens (primary N) is 1. The van der Waals surface area contributed by atoms with E-state index in [2.05, 4.69) is 18.7 Å². The predicted octanol–water partition coefficient (Wildman–Crippen LogP) is 3.86. The molecule has 0 saturated carbocycles. The van der Waals surface area contributed by atoms with Crippen molar-refractivity contribution in [2.24, 2.45) is 11.1 Å². The Bertz CT molecular complexity index is 434. The molecule has 19 heavy (non-hydrogen) atoms. The summed E-state index contributed by atoms with van der Waals surface area (Å²) in [7, 11) is 0. The number of halogens is 1. The normalized spacial score (nSPS) is 20.4. The standard InChI is InChI=1S/C16H25FN2/c1-4-16(3)8-10-19(11-9-16)14-7-5-6-13(17)15(14)12(2)18/h5-7,12H,4,8-11,18H2,1-3H3/t12-/m1/s1. The molecule has 1 atom stereocenters. The van der Waals surface area contributed by atoms with Gasteiger partial charge in [0.15, 0.2) is 0 Å². The molecule has 0 bridgehead atoms. The maximum atomic E-state index is 14.0. The molecular weight excluding hydrogens is 239 g/mol. The Balaban J connectivity index is 2.22. The van der Waals surface area contributed by atoms with E-state index in [0.717, 1.165) is 18.8 Å². The van der Waals surface area contributed by atoms with E-state index >= 15 is 0 Å². The number of piperidine rings is 1. The monoisotopic (exact) mass is 264 g/mol. The maximum Gasteiger partial charge on any atom is 0.130 e. The van der Waals surface area contributed by atoms with E-state index in [4.69, 9.17) is 5.73 Å². The predicted molar refractivity (Wildman–Crippen MR) is 78.8 cm³/mol. The fourth-order valence-corrected chi connectivity index (χ4v) is 2.89. The summed E-state index contributed by atoms with van der Waals surface area (Å²) < 4.78 is 14.0. The summed E-state index contributed by atoms with van der Waals surface area (Å²) >= 11 is 0. The Morgan fingerprint density at radius 2 is 2.00 bits per heavy atom. The summed E-state index contributed by atoms with van der Waals surface area (Å²) in [6, 6.07) is 5.01. The summed E-state index contributed by atoms with van der Waals surface area (Å²) in [5.41, 5.74) is 8.01. The first kappa shape index (κ1) is 14.3. The Hall–Kier alpha value is -1.09. The third-order valence-electron chi connectivity index (χ3n) is 4.65. The molecule has 0 aliphatic carbocycles. The molecule has 0 unspecified atom stereocenters. The van der Waals surface area contributed by atoms with Crippen LogP contribution in [0.2, 0.25) is 0 Å². The summed E-state index contributed by atoms with van der Waals surface area (Å²) in [5, 5.41) is 0. The number of benzene rings is 1. The van der Waals surface area contributed by atoms with Gasteiger partial charge in [-0.1, -0.05) is 26.3 Å². The molecular formula is C16H25FN2. The molecule has 106 valence electrons. The highest BCUT2D eigenvalue weighted by Crippen LogP contribution is 2.37. The number of rotatable bonds is 3. The van der Waals surface area contributed by atoms with E-state index in [1.807, 2.05) is 13.0 Å². The Morgan fingerprint density at radius 1 is 1.37 bits per heavy atom. The second-order valence-electron chi connectivity index (χ2n) is 6.11. The van der Waals surface area contributed by atoms with E-state index in [-0.39, 0.29) is 11.9 Å². The molecule has 1 aromatic rings. The molecule has 2 N–H and O–H groups in total. The van der Waals surface area contributed by atoms with E-state index in [9.17, 15) is 4.39 Å². The van der Waals surface area contributed by atoms with Gasteiger partial charge in [0.1, 0.15) is 5.82 Å². The molecule has 1 heterocycles. The van der Waals surface area contributed by atoms with Crippen molar-refractivity contribution in [2.75, 3.05) is 18.0 Å². The molecule has 0 amide bonds. The van der Waals surface area contributed by atoms with Crippen molar-refractivity contribution in [3.05, 3.63) is 29.6 Å². The smallest absolute Gasteiger partial charge is 0.130 e. The molecule has 0 aromatic heterocycles. The largest absolute Gasteiger partial charge is 0.371 e. The Kier molecular flexibility index (Phi) is 4.14. The van der Waals surface area contributed by atoms with Gasteiger partial charge >= 0.3 is 0 Å². The molecule has 1 saturated heterocycles. The van der Waals surface area contributed by atoms with Crippen LogP contribution in [0.5, 0.6) is 0 Å². The minimum atomic E-state index is -0.268. The van der Waals surface area contributed by atoms with Crippen molar-refractivity contribution in [1.82, 2.24) is 0 Å². The molecule has 2 nitrogen and oxygen atoms in total. The third-order valence-corrected chi connectivity index (χ3v) is 4.65. The summed E-state index contributed by atoms with van der Waals surface area (Å²) in [4.78, 5) is 2.29. The first-order valence-corrected chi connectivity index (χ1v) is 7.26. The van der Waals surface area contributed by atoms with Gasteiger partial charge in [0, 0.05) is 30.4 Å². The van der Waals surface area contributed by atoms with Gasteiger partial charge in [-0.05, 0) is 37.3 Å². The zero-order chi connectivity index (χ0) is 14.0. The Labute approximate surface area is 115 Å². The highest BCUT2D eigenvalue weighted by atomic mass is 19.1. The number of hydrogen-bond donors (Lipinski definition) is 1. The first-order valence-electron chi connectivity index (χ1n) is 7.26. The van der Waals surface area contributed by atoms with Crippen LogP contribution in [0.4, 0.5) is 10.1 Å². The Morgan fingerprint density at radius 3 is 2.53 bits per heavy atom. The van der Waals surface area contributed by atoms with Crippen LogP contribution >= 0.6 is 0 Å². The molecule has 1 fully saturated rings. The van der Waals surface area contributed by atoms with Crippen LogP contribution in [0.25, 0.3) is 0 Å². The SMILES string of the molecule is CCC1(C)CCN(c2cccc(F)c2[C@@H](C)N)CC1. The van der Waals surface area contributed by atoms with Gasteiger partial charge in [-0.2, -0.15) is 0 Å². The molecule has 1 aromatic carbocycles. The highest BCUT2D eigenvalue weighted by Gasteiger charge is 2.29. The van der Waals surface area contributed by atoms with Crippen molar-refractivity contribution in [3.8, 4) is 0 Å². The average Bonchev–Trinajstić information content (AvgIpc) is 2.39. The van der Waals surface area contributed by atoms with Gasteiger partial charge in [0.25, 0.3) is 0 Å². The highest BCUT2D eigenvalue weighted by molar-refractivity contribution is 5.55.